The van der Waals surface area contributed by atoms with E-state index in [1.165, 1.54) is 18.2 Å². The van der Waals surface area contributed by atoms with E-state index in [9.17, 15) is 13.7 Å². The van der Waals surface area contributed by atoms with Crippen molar-refractivity contribution in [2.45, 2.75) is 4.90 Å². The summed E-state index contributed by atoms with van der Waals surface area (Å²) < 4.78 is 30.6. The Hall–Kier alpha value is -2.84. The van der Waals surface area contributed by atoms with Crippen molar-refractivity contribution in [3.8, 4) is 11.8 Å². The first kappa shape index (κ1) is 15.1. The molecule has 0 aromatic heterocycles. The molecule has 114 valence electrons. The molecule has 2 aromatic carbocycles. The van der Waals surface area contributed by atoms with Crippen molar-refractivity contribution in [2.24, 2.45) is 0 Å². The molecule has 1 heterocycles. The Balaban J connectivity index is 2.01. The Labute approximate surface area is 134 Å². The topological polar surface area (TPSA) is 67.2 Å². The van der Waals surface area contributed by atoms with Crippen molar-refractivity contribution in [1.29, 1.82) is 5.26 Å². The maximum absolute atomic E-state index is 12.5. The molecule has 0 aliphatic carbocycles. The van der Waals surface area contributed by atoms with E-state index in [1.807, 2.05) is 30.3 Å². The summed E-state index contributed by atoms with van der Waals surface area (Å²) in [6, 6.07) is 17.2. The lowest BCUT2D eigenvalue weighted by Gasteiger charge is -2.16. The number of para-hydroxylation sites is 1. The smallest absolute Gasteiger partial charge is 0.216 e. The molecule has 0 saturated carbocycles. The van der Waals surface area contributed by atoms with Gasteiger partial charge >= 0.3 is 0 Å². The summed E-state index contributed by atoms with van der Waals surface area (Å²) in [5.74, 6) is 0.745. The lowest BCUT2D eigenvalue weighted by atomic mass is 10.1. The van der Waals surface area contributed by atoms with Gasteiger partial charge in [0, 0.05) is 5.56 Å². The first-order chi connectivity index (χ1) is 11.1. The largest absolute Gasteiger partial charge is 0.488 e. The van der Waals surface area contributed by atoms with Crippen LogP contribution in [0, 0.1) is 11.3 Å². The molecule has 0 N–H and O–H groups in total. The Morgan fingerprint density at radius 1 is 1.09 bits per heavy atom. The highest BCUT2D eigenvalue weighted by molar-refractivity contribution is 7.95. The second kappa shape index (κ2) is 6.11. The molecule has 0 bridgehead atoms. The molecular weight excluding hydrogens is 310 g/mol. The summed E-state index contributed by atoms with van der Waals surface area (Å²) >= 11 is 0. The molecule has 0 amide bonds. The van der Waals surface area contributed by atoms with E-state index in [0.717, 1.165) is 11.3 Å². The molecule has 0 atom stereocenters. The molecule has 3 rings (SSSR count). The lowest BCUT2D eigenvalue weighted by molar-refractivity contribution is 0.351. The van der Waals surface area contributed by atoms with E-state index < -0.39 is 9.84 Å². The van der Waals surface area contributed by atoms with Crippen molar-refractivity contribution in [2.75, 3.05) is 6.61 Å². The number of hydrogen-bond acceptors (Lipinski definition) is 4. The van der Waals surface area contributed by atoms with E-state index >= 15 is 0 Å². The minimum absolute atomic E-state index is 0.102. The number of hydrogen-bond donors (Lipinski definition) is 0. The second-order valence-corrected chi connectivity index (χ2v) is 6.90. The van der Waals surface area contributed by atoms with Gasteiger partial charge in [-0.2, -0.15) is 5.26 Å². The summed E-state index contributed by atoms with van der Waals surface area (Å²) in [4.78, 5) is -0.191. The van der Waals surface area contributed by atoms with Crippen LogP contribution in [0.3, 0.4) is 0 Å². The average molecular weight is 323 g/mol. The zero-order valence-electron chi connectivity index (χ0n) is 12.1. The minimum atomic E-state index is -3.82. The van der Waals surface area contributed by atoms with Crippen molar-refractivity contribution in [1.82, 2.24) is 0 Å². The van der Waals surface area contributed by atoms with Gasteiger partial charge in [0.1, 0.15) is 23.3 Å². The first-order valence-corrected chi connectivity index (χ1v) is 8.44. The third kappa shape index (κ3) is 3.03. The van der Waals surface area contributed by atoms with Crippen LogP contribution in [0.2, 0.25) is 0 Å². The molecule has 4 nitrogen and oxygen atoms in total. The molecule has 0 unspecified atom stereocenters. The molecular formula is C18H13NO3S. The van der Waals surface area contributed by atoms with Gasteiger partial charge in [-0.25, -0.2) is 8.42 Å². The average Bonchev–Trinajstić information content (AvgIpc) is 2.60. The maximum Gasteiger partial charge on any atom is 0.216 e. The fraction of sp³-hybridized carbons (Fsp3) is 0.0556. The van der Waals surface area contributed by atoms with Gasteiger partial charge in [-0.05, 0) is 35.9 Å². The molecule has 0 saturated heterocycles. The van der Waals surface area contributed by atoms with Crippen molar-refractivity contribution < 1.29 is 13.2 Å². The van der Waals surface area contributed by atoms with Gasteiger partial charge in [0.15, 0.2) is 0 Å². The number of nitriles is 1. The zero-order chi connectivity index (χ0) is 16.3. The van der Waals surface area contributed by atoms with E-state index in [2.05, 4.69) is 0 Å². The molecule has 1 aliphatic heterocycles. The Kier molecular flexibility index (Phi) is 4.00. The van der Waals surface area contributed by atoms with Gasteiger partial charge in [0.05, 0.1) is 4.90 Å². The third-order valence-electron chi connectivity index (χ3n) is 3.42. The van der Waals surface area contributed by atoms with Crippen LogP contribution in [0.4, 0.5) is 0 Å². The van der Waals surface area contributed by atoms with Gasteiger partial charge in [-0.1, -0.05) is 36.4 Å². The maximum atomic E-state index is 12.5. The predicted molar refractivity (Wildman–Crippen MR) is 87.2 cm³/mol. The van der Waals surface area contributed by atoms with Gasteiger partial charge in [-0.15, -0.1) is 0 Å². The van der Waals surface area contributed by atoms with Crippen molar-refractivity contribution in [3.05, 3.63) is 76.7 Å². The SMILES string of the molecule is N#CC(=CC1=Cc2ccccc2OC1)S(=O)(=O)c1ccccc1. The van der Waals surface area contributed by atoms with Crippen LogP contribution >= 0.6 is 0 Å². The van der Waals surface area contributed by atoms with E-state index in [1.54, 1.807) is 24.3 Å². The number of ether oxygens (including phenoxy) is 1. The number of fused-ring (bicyclic) bond motifs is 1. The molecule has 1 aliphatic rings. The summed E-state index contributed by atoms with van der Waals surface area (Å²) in [5, 5.41) is 9.28. The quantitative estimate of drug-likeness (QED) is 0.813. The van der Waals surface area contributed by atoms with Crippen LogP contribution in [0.5, 0.6) is 5.75 Å². The fourth-order valence-corrected chi connectivity index (χ4v) is 3.48. The van der Waals surface area contributed by atoms with Gasteiger partial charge in [-0.3, -0.25) is 0 Å². The number of benzene rings is 2. The number of nitrogens with zero attached hydrogens (tertiary/aromatic N) is 1. The van der Waals surface area contributed by atoms with Gasteiger partial charge in [0.2, 0.25) is 9.84 Å². The van der Waals surface area contributed by atoms with Crippen LogP contribution in [0.25, 0.3) is 6.08 Å². The summed E-state index contributed by atoms with van der Waals surface area (Å²) in [6.45, 7) is 0.229. The summed E-state index contributed by atoms with van der Waals surface area (Å²) in [6.07, 6.45) is 3.20. The monoisotopic (exact) mass is 323 g/mol. The zero-order valence-corrected chi connectivity index (χ0v) is 13.0. The highest BCUT2D eigenvalue weighted by atomic mass is 32.2. The number of allylic oxidation sites excluding steroid dienone is 1. The van der Waals surface area contributed by atoms with Crippen LogP contribution < -0.4 is 4.74 Å². The molecule has 0 fully saturated rings. The molecule has 0 radical (unpaired) electrons. The first-order valence-electron chi connectivity index (χ1n) is 6.95. The molecule has 23 heavy (non-hydrogen) atoms. The summed E-state index contributed by atoms with van der Waals surface area (Å²) in [7, 11) is -3.82. The third-order valence-corrected chi connectivity index (χ3v) is 5.10. The van der Waals surface area contributed by atoms with Crippen LogP contribution in [0.1, 0.15) is 5.56 Å². The van der Waals surface area contributed by atoms with Crippen LogP contribution in [-0.4, -0.2) is 15.0 Å². The minimum Gasteiger partial charge on any atom is -0.488 e. The normalized spacial score (nSPS) is 14.2. The fourth-order valence-electron chi connectivity index (χ4n) is 2.28. The number of sulfone groups is 1. The van der Waals surface area contributed by atoms with Crippen molar-refractivity contribution in [3.63, 3.8) is 0 Å². The van der Waals surface area contributed by atoms with E-state index in [0.29, 0.717) is 5.57 Å². The number of rotatable bonds is 3. The lowest BCUT2D eigenvalue weighted by Crippen LogP contribution is -2.08. The van der Waals surface area contributed by atoms with E-state index in [4.69, 9.17) is 4.74 Å². The van der Waals surface area contributed by atoms with Crippen molar-refractivity contribution >= 4 is 15.9 Å². The van der Waals surface area contributed by atoms with E-state index in [-0.39, 0.29) is 16.4 Å². The molecule has 0 spiro atoms. The Bertz CT molecular complexity index is 936. The highest BCUT2D eigenvalue weighted by Crippen LogP contribution is 2.28. The van der Waals surface area contributed by atoms with Gasteiger partial charge in [0.25, 0.3) is 0 Å². The molecule has 2 aromatic rings. The predicted octanol–water partition coefficient (Wildman–Crippen LogP) is 3.34. The van der Waals surface area contributed by atoms with Crippen LogP contribution in [0.15, 0.2) is 76.0 Å². The van der Waals surface area contributed by atoms with Crippen LogP contribution in [-0.2, 0) is 9.84 Å². The molecule has 5 heteroatoms. The summed E-state index contributed by atoms with van der Waals surface area (Å²) in [5.41, 5.74) is 1.50. The standard InChI is InChI=1S/C18H13NO3S/c19-12-17(23(20,21)16-7-2-1-3-8-16)11-14-10-15-6-4-5-9-18(15)22-13-14/h1-11H,13H2. The Morgan fingerprint density at radius 2 is 1.78 bits per heavy atom. The Morgan fingerprint density at radius 3 is 2.52 bits per heavy atom. The second-order valence-electron chi connectivity index (χ2n) is 4.98. The van der Waals surface area contributed by atoms with Gasteiger partial charge < -0.3 is 4.74 Å². The highest BCUT2D eigenvalue weighted by Gasteiger charge is 2.21.